The summed E-state index contributed by atoms with van der Waals surface area (Å²) >= 11 is 0. The summed E-state index contributed by atoms with van der Waals surface area (Å²) in [6.45, 7) is 7.32. The van der Waals surface area contributed by atoms with Crippen LogP contribution in [-0.2, 0) is 6.42 Å². The summed E-state index contributed by atoms with van der Waals surface area (Å²) in [5, 5.41) is 10.5. The normalized spacial score (nSPS) is 23.5. The van der Waals surface area contributed by atoms with Crippen LogP contribution in [0.2, 0.25) is 0 Å². The zero-order valence-corrected chi connectivity index (χ0v) is 12.6. The van der Waals surface area contributed by atoms with Gasteiger partial charge in [0.15, 0.2) is 0 Å². The molecule has 0 amide bonds. The number of aryl methyl sites for hydroxylation is 2. The second kappa shape index (κ2) is 6.04. The highest BCUT2D eigenvalue weighted by Gasteiger charge is 2.28. The van der Waals surface area contributed by atoms with Gasteiger partial charge in [0.2, 0.25) is 0 Å². The molecular weight excluding hydrogens is 236 g/mol. The number of hydrogen-bond acceptors (Lipinski definition) is 3. The van der Waals surface area contributed by atoms with E-state index in [2.05, 4.69) is 55.9 Å². The fraction of sp³-hybridized carbons (Fsp3) is 0.625. The summed E-state index contributed by atoms with van der Waals surface area (Å²) < 4.78 is 0. The van der Waals surface area contributed by atoms with Crippen molar-refractivity contribution < 1.29 is 5.11 Å². The predicted molar refractivity (Wildman–Crippen MR) is 79.5 cm³/mol. The van der Waals surface area contributed by atoms with E-state index in [9.17, 15) is 5.11 Å². The Kier molecular flexibility index (Phi) is 4.61. The van der Waals surface area contributed by atoms with Crippen molar-refractivity contribution in [2.75, 3.05) is 33.7 Å². The van der Waals surface area contributed by atoms with Crippen LogP contribution >= 0.6 is 0 Å². The first-order valence-electron chi connectivity index (χ1n) is 7.10. The summed E-state index contributed by atoms with van der Waals surface area (Å²) in [4.78, 5) is 4.58. The monoisotopic (exact) mass is 262 g/mol. The minimum atomic E-state index is -0.296. The Morgan fingerprint density at radius 1 is 1.21 bits per heavy atom. The number of likely N-dealkylation sites (N-methyl/N-ethyl adjacent to an activating group) is 2. The fourth-order valence-corrected chi connectivity index (χ4v) is 2.77. The summed E-state index contributed by atoms with van der Waals surface area (Å²) in [6.07, 6.45) is 0.444. The van der Waals surface area contributed by atoms with Crippen molar-refractivity contribution >= 4 is 0 Å². The molecule has 0 radical (unpaired) electrons. The Balaban J connectivity index is 2.03. The maximum absolute atomic E-state index is 10.5. The fourth-order valence-electron chi connectivity index (χ4n) is 2.77. The van der Waals surface area contributed by atoms with E-state index in [-0.39, 0.29) is 12.1 Å². The largest absolute Gasteiger partial charge is 0.391 e. The van der Waals surface area contributed by atoms with Gasteiger partial charge in [-0.05, 0) is 51.1 Å². The molecule has 2 atom stereocenters. The van der Waals surface area contributed by atoms with Gasteiger partial charge in [0.25, 0.3) is 0 Å². The number of nitrogens with zero attached hydrogens (tertiary/aromatic N) is 2. The molecule has 2 rings (SSSR count). The molecule has 1 aromatic rings. The quantitative estimate of drug-likeness (QED) is 0.893. The molecule has 0 spiro atoms. The van der Waals surface area contributed by atoms with Gasteiger partial charge in [-0.15, -0.1) is 0 Å². The summed E-state index contributed by atoms with van der Waals surface area (Å²) in [5.74, 6) is 0. The van der Waals surface area contributed by atoms with Gasteiger partial charge in [-0.2, -0.15) is 0 Å². The molecule has 1 aliphatic rings. The molecule has 0 aromatic heterocycles. The van der Waals surface area contributed by atoms with Crippen molar-refractivity contribution in [2.45, 2.75) is 32.4 Å². The first-order chi connectivity index (χ1) is 8.97. The van der Waals surface area contributed by atoms with Crippen LogP contribution < -0.4 is 0 Å². The topological polar surface area (TPSA) is 26.7 Å². The Morgan fingerprint density at radius 2 is 1.95 bits per heavy atom. The van der Waals surface area contributed by atoms with E-state index < -0.39 is 0 Å². The average molecular weight is 262 g/mol. The van der Waals surface area contributed by atoms with Crippen molar-refractivity contribution in [3.63, 3.8) is 0 Å². The van der Waals surface area contributed by atoms with Crippen molar-refractivity contribution in [3.8, 4) is 0 Å². The van der Waals surface area contributed by atoms with Gasteiger partial charge in [-0.3, -0.25) is 4.90 Å². The number of rotatable bonds is 3. The van der Waals surface area contributed by atoms with Crippen LogP contribution in [0.5, 0.6) is 0 Å². The van der Waals surface area contributed by atoms with Gasteiger partial charge in [-0.25, -0.2) is 0 Å². The van der Waals surface area contributed by atoms with Crippen molar-refractivity contribution in [3.05, 3.63) is 34.9 Å². The first-order valence-corrected chi connectivity index (χ1v) is 7.10. The molecule has 2 unspecified atom stereocenters. The second-order valence-electron chi connectivity index (χ2n) is 6.00. The molecule has 3 nitrogen and oxygen atoms in total. The summed E-state index contributed by atoms with van der Waals surface area (Å²) in [6, 6.07) is 6.72. The van der Waals surface area contributed by atoms with E-state index in [4.69, 9.17) is 0 Å². The molecule has 1 aromatic carbocycles. The van der Waals surface area contributed by atoms with Crippen LogP contribution in [0.15, 0.2) is 18.2 Å². The van der Waals surface area contributed by atoms with Crippen molar-refractivity contribution in [1.82, 2.24) is 9.80 Å². The Morgan fingerprint density at radius 3 is 2.63 bits per heavy atom. The maximum atomic E-state index is 10.5. The van der Waals surface area contributed by atoms with Crippen molar-refractivity contribution in [1.29, 1.82) is 0 Å². The number of benzene rings is 1. The van der Waals surface area contributed by atoms with E-state index in [0.717, 1.165) is 26.1 Å². The standard InChI is InChI=1S/C16H26N2O/c1-12-5-6-14(9-13(12)2)10-16(19)15-11-17(3)7-8-18(15)4/h5-6,9,15-16,19H,7-8,10-11H2,1-4H3. The average Bonchev–Trinajstić information content (AvgIpc) is 2.36. The number of hydrogen-bond donors (Lipinski definition) is 1. The van der Waals surface area contributed by atoms with Gasteiger partial charge in [0.05, 0.1) is 6.10 Å². The van der Waals surface area contributed by atoms with Gasteiger partial charge in [0.1, 0.15) is 0 Å². The van der Waals surface area contributed by atoms with Crippen molar-refractivity contribution in [2.24, 2.45) is 0 Å². The van der Waals surface area contributed by atoms with Crippen LogP contribution in [0.1, 0.15) is 16.7 Å². The van der Waals surface area contributed by atoms with Crippen LogP contribution in [-0.4, -0.2) is 60.8 Å². The lowest BCUT2D eigenvalue weighted by Gasteiger charge is -2.40. The number of aliphatic hydroxyl groups excluding tert-OH is 1. The molecule has 1 aliphatic heterocycles. The molecule has 1 N–H and O–H groups in total. The van der Waals surface area contributed by atoms with E-state index in [1.165, 1.54) is 16.7 Å². The summed E-state index contributed by atoms with van der Waals surface area (Å²) in [5.41, 5.74) is 3.85. The minimum Gasteiger partial charge on any atom is -0.391 e. The number of aliphatic hydroxyl groups is 1. The lowest BCUT2D eigenvalue weighted by molar-refractivity contribution is 0.0153. The SMILES string of the molecule is Cc1ccc(CC(O)C2CN(C)CCN2C)cc1C. The van der Waals surface area contributed by atoms with E-state index in [1.54, 1.807) is 0 Å². The second-order valence-corrected chi connectivity index (χ2v) is 6.00. The molecule has 19 heavy (non-hydrogen) atoms. The third-order valence-corrected chi connectivity index (χ3v) is 4.36. The van der Waals surface area contributed by atoms with Crippen LogP contribution in [0.25, 0.3) is 0 Å². The number of piperazine rings is 1. The molecule has 1 heterocycles. The molecule has 0 saturated carbocycles. The van der Waals surface area contributed by atoms with Gasteiger partial charge >= 0.3 is 0 Å². The van der Waals surface area contributed by atoms with Crippen LogP contribution in [0.4, 0.5) is 0 Å². The van der Waals surface area contributed by atoms with Gasteiger partial charge in [0, 0.05) is 25.7 Å². The molecule has 0 aliphatic carbocycles. The zero-order valence-electron chi connectivity index (χ0n) is 12.6. The van der Waals surface area contributed by atoms with E-state index in [1.807, 2.05) is 0 Å². The van der Waals surface area contributed by atoms with E-state index >= 15 is 0 Å². The smallest absolute Gasteiger partial charge is 0.0747 e. The molecule has 1 saturated heterocycles. The Hall–Kier alpha value is -0.900. The minimum absolute atomic E-state index is 0.236. The predicted octanol–water partition coefficient (Wildman–Crippen LogP) is 1.45. The maximum Gasteiger partial charge on any atom is 0.0747 e. The zero-order chi connectivity index (χ0) is 14.0. The third-order valence-electron chi connectivity index (χ3n) is 4.36. The molecule has 0 bridgehead atoms. The lowest BCUT2D eigenvalue weighted by atomic mass is 9.97. The molecule has 1 fully saturated rings. The molecule has 3 heteroatoms. The Labute approximate surface area is 116 Å². The van der Waals surface area contributed by atoms with Crippen LogP contribution in [0, 0.1) is 13.8 Å². The molecule has 106 valence electrons. The highest BCUT2D eigenvalue weighted by atomic mass is 16.3. The third kappa shape index (κ3) is 3.56. The molecular formula is C16H26N2O. The lowest BCUT2D eigenvalue weighted by Crippen LogP contribution is -2.55. The van der Waals surface area contributed by atoms with Gasteiger partial charge < -0.3 is 10.0 Å². The van der Waals surface area contributed by atoms with Crippen LogP contribution in [0.3, 0.4) is 0 Å². The summed E-state index contributed by atoms with van der Waals surface area (Å²) in [7, 11) is 4.24. The van der Waals surface area contributed by atoms with E-state index in [0.29, 0.717) is 0 Å². The van der Waals surface area contributed by atoms with Gasteiger partial charge in [-0.1, -0.05) is 18.2 Å². The highest BCUT2D eigenvalue weighted by molar-refractivity contribution is 5.30. The Bertz CT molecular complexity index is 433. The highest BCUT2D eigenvalue weighted by Crippen LogP contribution is 2.16. The first kappa shape index (κ1) is 14.5.